The van der Waals surface area contributed by atoms with Crippen LogP contribution in [0.25, 0.3) is 22.0 Å². The number of hydrogen-bond donors (Lipinski definition) is 2. The van der Waals surface area contributed by atoms with Crippen molar-refractivity contribution in [2.45, 2.75) is 25.9 Å². The molecule has 9 heteroatoms. The number of anilines is 2. The van der Waals surface area contributed by atoms with Gasteiger partial charge in [0.1, 0.15) is 0 Å². The summed E-state index contributed by atoms with van der Waals surface area (Å²) in [6.07, 6.45) is -0.557. The van der Waals surface area contributed by atoms with E-state index in [-0.39, 0.29) is 5.69 Å². The number of nitrogens with one attached hydrogen (secondary N) is 2. The van der Waals surface area contributed by atoms with Gasteiger partial charge in [-0.2, -0.15) is 23.4 Å². The third-order valence-electron chi connectivity index (χ3n) is 6.87. The monoisotopic (exact) mass is 519 g/mol. The quantitative estimate of drug-likeness (QED) is 0.296. The molecule has 5 rings (SSSR count). The molecule has 1 aliphatic heterocycles. The summed E-state index contributed by atoms with van der Waals surface area (Å²) in [6, 6.07) is 16.2. The van der Waals surface area contributed by atoms with Gasteiger partial charge in [-0.15, -0.1) is 0 Å². The maximum absolute atomic E-state index is 13.5. The molecule has 1 saturated heterocycles. The van der Waals surface area contributed by atoms with E-state index in [1.54, 1.807) is 18.3 Å². The molecule has 0 spiro atoms. The number of likely N-dealkylation sites (tertiary alicyclic amines) is 1. The first-order valence-electron chi connectivity index (χ1n) is 12.6. The minimum atomic E-state index is -4.53. The smallest absolute Gasteiger partial charge is 0.382 e. The number of benzene rings is 3. The van der Waals surface area contributed by atoms with E-state index in [2.05, 4.69) is 25.7 Å². The number of nitrogens with zero attached hydrogens (tertiary/aromatic N) is 3. The van der Waals surface area contributed by atoms with E-state index in [0.29, 0.717) is 17.8 Å². The molecule has 4 aromatic rings. The van der Waals surface area contributed by atoms with E-state index >= 15 is 0 Å². The van der Waals surface area contributed by atoms with Crippen LogP contribution in [-0.2, 0) is 6.18 Å². The van der Waals surface area contributed by atoms with Crippen LogP contribution in [-0.4, -0.2) is 47.2 Å². The maximum Gasteiger partial charge on any atom is 0.416 e. The molecule has 2 N–H and O–H groups in total. The summed E-state index contributed by atoms with van der Waals surface area (Å²) in [5.74, 6) is -0.500. The summed E-state index contributed by atoms with van der Waals surface area (Å²) in [7, 11) is 0. The van der Waals surface area contributed by atoms with Crippen LogP contribution in [0.15, 0.2) is 66.9 Å². The second-order valence-electron chi connectivity index (χ2n) is 9.49. The minimum absolute atomic E-state index is 0.0874. The molecule has 3 aromatic carbocycles. The van der Waals surface area contributed by atoms with E-state index in [1.165, 1.54) is 6.07 Å². The predicted octanol–water partition coefficient (Wildman–Crippen LogP) is 6.38. The molecule has 2 heterocycles. The molecule has 0 aliphatic carbocycles. The predicted molar refractivity (Wildman–Crippen MR) is 143 cm³/mol. The van der Waals surface area contributed by atoms with Crippen molar-refractivity contribution in [1.29, 1.82) is 0 Å². The summed E-state index contributed by atoms with van der Waals surface area (Å²) >= 11 is 0. The van der Waals surface area contributed by atoms with E-state index in [1.807, 2.05) is 37.3 Å². The number of hydrogen-bond acceptors (Lipinski definition) is 5. The Morgan fingerprint density at radius 1 is 0.974 bits per heavy atom. The highest BCUT2D eigenvalue weighted by molar-refractivity contribution is 6.07. The molecule has 0 atom stereocenters. The normalized spacial score (nSPS) is 14.1. The van der Waals surface area contributed by atoms with Crippen molar-refractivity contribution < 1.29 is 18.0 Å². The molecule has 1 aliphatic rings. The van der Waals surface area contributed by atoms with Gasteiger partial charge in [0.05, 0.1) is 28.7 Å². The van der Waals surface area contributed by atoms with Gasteiger partial charge in [-0.25, -0.2) is 0 Å². The number of halogens is 3. The molecule has 0 unspecified atom stereocenters. The van der Waals surface area contributed by atoms with Crippen molar-refractivity contribution in [2.75, 3.05) is 36.8 Å². The largest absolute Gasteiger partial charge is 0.416 e. The van der Waals surface area contributed by atoms with Crippen LogP contribution in [0.2, 0.25) is 0 Å². The Bertz CT molecular complexity index is 1460. The van der Waals surface area contributed by atoms with Gasteiger partial charge in [-0.05, 0) is 80.4 Å². The highest BCUT2D eigenvalue weighted by Crippen LogP contribution is 2.35. The molecule has 0 bridgehead atoms. The molecule has 1 amide bonds. The van der Waals surface area contributed by atoms with Crippen molar-refractivity contribution in [3.05, 3.63) is 83.6 Å². The van der Waals surface area contributed by atoms with Crippen LogP contribution in [0.1, 0.15) is 34.3 Å². The van der Waals surface area contributed by atoms with Crippen molar-refractivity contribution >= 4 is 28.2 Å². The first kappa shape index (κ1) is 25.7. The van der Waals surface area contributed by atoms with E-state index in [9.17, 15) is 18.0 Å². The first-order valence-corrected chi connectivity index (χ1v) is 12.6. The van der Waals surface area contributed by atoms with E-state index in [4.69, 9.17) is 0 Å². The second kappa shape index (κ2) is 10.8. The Balaban J connectivity index is 1.43. The fourth-order valence-corrected chi connectivity index (χ4v) is 4.80. The average molecular weight is 520 g/mol. The fraction of sp³-hybridized carbons (Fsp3) is 0.276. The molecular formula is C29H28F3N5O. The molecule has 6 nitrogen and oxygen atoms in total. The Hall–Kier alpha value is -3.98. The van der Waals surface area contributed by atoms with E-state index in [0.717, 1.165) is 72.2 Å². The van der Waals surface area contributed by atoms with Crippen molar-refractivity contribution in [1.82, 2.24) is 15.1 Å². The summed E-state index contributed by atoms with van der Waals surface area (Å²) in [5, 5.41) is 15.1. The number of fused-ring (bicyclic) bond motifs is 1. The summed E-state index contributed by atoms with van der Waals surface area (Å²) in [4.78, 5) is 15.6. The van der Waals surface area contributed by atoms with Gasteiger partial charge < -0.3 is 15.5 Å². The van der Waals surface area contributed by atoms with Crippen LogP contribution in [0, 0.1) is 6.92 Å². The first-order chi connectivity index (χ1) is 18.3. The van der Waals surface area contributed by atoms with Crippen LogP contribution in [0.5, 0.6) is 0 Å². The van der Waals surface area contributed by atoms with Crippen molar-refractivity contribution in [2.24, 2.45) is 0 Å². The number of aryl methyl sites for hydroxylation is 1. The Labute approximate surface area is 218 Å². The summed E-state index contributed by atoms with van der Waals surface area (Å²) in [6.45, 7) is 5.32. The van der Waals surface area contributed by atoms with Gasteiger partial charge in [0.15, 0.2) is 0 Å². The number of rotatable bonds is 7. The zero-order valence-electron chi connectivity index (χ0n) is 21.0. The lowest BCUT2D eigenvalue weighted by Gasteiger charge is -2.19. The fourth-order valence-electron chi connectivity index (χ4n) is 4.80. The average Bonchev–Trinajstić information content (AvgIpc) is 3.42. The van der Waals surface area contributed by atoms with Gasteiger partial charge in [0.25, 0.3) is 5.91 Å². The molecule has 196 valence electrons. The Morgan fingerprint density at radius 3 is 2.55 bits per heavy atom. The summed E-state index contributed by atoms with van der Waals surface area (Å²) < 4.78 is 40.4. The Kier molecular flexibility index (Phi) is 7.28. The molecule has 0 radical (unpaired) electrons. The summed E-state index contributed by atoms with van der Waals surface area (Å²) in [5.41, 5.74) is 3.33. The lowest BCUT2D eigenvalue weighted by molar-refractivity contribution is -0.137. The highest BCUT2D eigenvalue weighted by atomic mass is 19.4. The zero-order valence-corrected chi connectivity index (χ0v) is 21.0. The zero-order chi connectivity index (χ0) is 26.7. The molecule has 0 saturated carbocycles. The standard InChI is InChI=1S/C29H28F3N5O/c1-19-8-9-20(16-23(19)24-18-34-36-25-7-3-2-6-22(24)25)28(38)35-27-17-21(29(30,31)32)10-11-26(27)33-12-15-37-13-4-5-14-37/h2-3,6-11,16-18,33H,4-5,12-15H2,1H3,(H,35,38). The number of carbonyl (C=O) groups is 1. The molecule has 38 heavy (non-hydrogen) atoms. The van der Waals surface area contributed by atoms with Gasteiger partial charge in [0, 0.05) is 29.6 Å². The lowest BCUT2D eigenvalue weighted by atomic mass is 9.96. The molecule has 1 fully saturated rings. The number of amides is 1. The minimum Gasteiger partial charge on any atom is -0.382 e. The third-order valence-corrected chi connectivity index (χ3v) is 6.87. The molecular weight excluding hydrogens is 491 g/mol. The maximum atomic E-state index is 13.5. The topological polar surface area (TPSA) is 70.2 Å². The van der Waals surface area contributed by atoms with Crippen LogP contribution in [0.4, 0.5) is 24.5 Å². The van der Waals surface area contributed by atoms with Crippen LogP contribution >= 0.6 is 0 Å². The second-order valence-corrected chi connectivity index (χ2v) is 9.49. The number of aromatic nitrogens is 2. The number of carbonyl (C=O) groups excluding carboxylic acids is 1. The SMILES string of the molecule is Cc1ccc(C(=O)Nc2cc(C(F)(F)F)ccc2NCCN2CCCC2)cc1-c1cnnc2ccccc12. The lowest BCUT2D eigenvalue weighted by Crippen LogP contribution is -2.26. The van der Waals surface area contributed by atoms with Gasteiger partial charge >= 0.3 is 6.18 Å². The van der Waals surface area contributed by atoms with Crippen LogP contribution < -0.4 is 10.6 Å². The van der Waals surface area contributed by atoms with Crippen LogP contribution in [0.3, 0.4) is 0 Å². The molecule has 1 aromatic heterocycles. The van der Waals surface area contributed by atoms with Crippen molar-refractivity contribution in [3.8, 4) is 11.1 Å². The Morgan fingerprint density at radius 2 is 1.76 bits per heavy atom. The third kappa shape index (κ3) is 5.62. The van der Waals surface area contributed by atoms with Gasteiger partial charge in [-0.3, -0.25) is 4.79 Å². The van der Waals surface area contributed by atoms with Gasteiger partial charge in [-0.1, -0.05) is 24.3 Å². The van der Waals surface area contributed by atoms with Gasteiger partial charge in [0.2, 0.25) is 0 Å². The highest BCUT2D eigenvalue weighted by Gasteiger charge is 2.31. The number of alkyl halides is 3. The van der Waals surface area contributed by atoms with Crippen molar-refractivity contribution in [3.63, 3.8) is 0 Å². The van der Waals surface area contributed by atoms with E-state index < -0.39 is 17.6 Å².